The highest BCUT2D eigenvalue weighted by atomic mass is 16.2. The van der Waals surface area contributed by atoms with E-state index < -0.39 is 0 Å². The van der Waals surface area contributed by atoms with Gasteiger partial charge in [-0.25, -0.2) is 9.97 Å². The molecule has 1 N–H and O–H groups in total. The molecule has 0 spiro atoms. The van der Waals surface area contributed by atoms with Crippen LogP contribution in [0.5, 0.6) is 0 Å². The quantitative estimate of drug-likeness (QED) is 0.903. The molecule has 0 atom stereocenters. The van der Waals surface area contributed by atoms with Gasteiger partial charge in [-0.05, 0) is 24.7 Å². The number of pyridine rings is 1. The molecule has 0 saturated carbocycles. The van der Waals surface area contributed by atoms with Gasteiger partial charge in [-0.2, -0.15) is 0 Å². The van der Waals surface area contributed by atoms with Crippen LogP contribution in [0.25, 0.3) is 0 Å². The molecule has 1 aliphatic rings. The zero-order chi connectivity index (χ0) is 16.1. The summed E-state index contributed by atoms with van der Waals surface area (Å²) in [6.45, 7) is 3.90. The second-order valence-corrected chi connectivity index (χ2v) is 5.59. The lowest BCUT2D eigenvalue weighted by Crippen LogP contribution is -2.47. The smallest absolute Gasteiger partial charge is 0.274 e. The average molecular weight is 312 g/mol. The van der Waals surface area contributed by atoms with Crippen LogP contribution in [0, 0.1) is 0 Å². The van der Waals surface area contributed by atoms with Crippen molar-refractivity contribution in [2.45, 2.75) is 6.54 Å². The van der Waals surface area contributed by atoms with Crippen molar-refractivity contribution >= 4 is 11.7 Å². The molecule has 0 bridgehead atoms. The van der Waals surface area contributed by atoms with E-state index >= 15 is 0 Å². The number of carbonyl (C=O) groups is 1. The lowest BCUT2D eigenvalue weighted by molar-refractivity contribution is 0.0658. The average Bonchev–Trinajstić information content (AvgIpc) is 2.61. The van der Waals surface area contributed by atoms with Gasteiger partial charge in [0.2, 0.25) is 0 Å². The number of likely N-dealkylation sites (N-methyl/N-ethyl adjacent to an activating group) is 1. The first-order valence-electron chi connectivity index (χ1n) is 7.65. The molecule has 3 rings (SSSR count). The Balaban J connectivity index is 1.57. The minimum atomic E-state index is -0.0497. The van der Waals surface area contributed by atoms with Crippen LogP contribution in [0.4, 0.5) is 5.82 Å². The Morgan fingerprint density at radius 2 is 1.87 bits per heavy atom. The van der Waals surface area contributed by atoms with Crippen LogP contribution in [0.2, 0.25) is 0 Å². The van der Waals surface area contributed by atoms with Crippen molar-refractivity contribution in [3.63, 3.8) is 0 Å². The van der Waals surface area contributed by atoms with E-state index in [0.717, 1.165) is 31.7 Å². The van der Waals surface area contributed by atoms with Gasteiger partial charge in [0.15, 0.2) is 0 Å². The summed E-state index contributed by atoms with van der Waals surface area (Å²) in [6, 6.07) is 3.87. The van der Waals surface area contributed by atoms with Crippen LogP contribution < -0.4 is 5.32 Å². The molecule has 0 unspecified atom stereocenters. The molecule has 3 heterocycles. The summed E-state index contributed by atoms with van der Waals surface area (Å²) in [6.07, 6.45) is 6.64. The summed E-state index contributed by atoms with van der Waals surface area (Å²) in [4.78, 5) is 28.9. The van der Waals surface area contributed by atoms with E-state index in [2.05, 4.69) is 32.2 Å². The van der Waals surface area contributed by atoms with Gasteiger partial charge in [-0.1, -0.05) is 0 Å². The van der Waals surface area contributed by atoms with Crippen molar-refractivity contribution in [1.29, 1.82) is 0 Å². The van der Waals surface area contributed by atoms with Gasteiger partial charge >= 0.3 is 0 Å². The number of nitrogens with one attached hydrogen (secondary N) is 1. The lowest BCUT2D eigenvalue weighted by Gasteiger charge is -2.32. The maximum atomic E-state index is 12.4. The molecule has 1 saturated heterocycles. The number of anilines is 1. The van der Waals surface area contributed by atoms with Gasteiger partial charge in [0.1, 0.15) is 11.5 Å². The largest absolute Gasteiger partial charge is 0.365 e. The molecule has 2 aromatic heterocycles. The summed E-state index contributed by atoms with van der Waals surface area (Å²) >= 11 is 0. The van der Waals surface area contributed by atoms with Gasteiger partial charge in [-0.15, -0.1) is 0 Å². The summed E-state index contributed by atoms with van der Waals surface area (Å²) in [5.41, 5.74) is 1.50. The predicted octanol–water partition coefficient (Wildman–Crippen LogP) is 0.871. The Hall–Kier alpha value is -2.54. The fourth-order valence-corrected chi connectivity index (χ4v) is 2.39. The van der Waals surface area contributed by atoms with Gasteiger partial charge in [0, 0.05) is 45.1 Å². The number of carbonyl (C=O) groups excluding carboxylic acids is 1. The van der Waals surface area contributed by atoms with Crippen molar-refractivity contribution in [3.05, 3.63) is 48.2 Å². The van der Waals surface area contributed by atoms with Gasteiger partial charge < -0.3 is 15.1 Å². The third-order valence-corrected chi connectivity index (χ3v) is 3.88. The number of rotatable bonds is 4. The highest BCUT2D eigenvalue weighted by Gasteiger charge is 2.21. The number of aromatic nitrogens is 3. The third-order valence-electron chi connectivity index (χ3n) is 3.88. The molecule has 7 nitrogen and oxygen atoms in total. The van der Waals surface area contributed by atoms with Gasteiger partial charge in [-0.3, -0.25) is 9.78 Å². The molecule has 0 aromatic carbocycles. The zero-order valence-electron chi connectivity index (χ0n) is 13.1. The Morgan fingerprint density at radius 1 is 1.13 bits per heavy atom. The summed E-state index contributed by atoms with van der Waals surface area (Å²) in [5, 5.41) is 3.18. The molecule has 7 heteroatoms. The van der Waals surface area contributed by atoms with Crippen LogP contribution in [0.3, 0.4) is 0 Å². The Bertz CT molecular complexity index is 637. The molecule has 2 aromatic rings. The van der Waals surface area contributed by atoms with E-state index in [4.69, 9.17) is 0 Å². The molecular weight excluding hydrogens is 292 g/mol. The maximum absolute atomic E-state index is 12.4. The van der Waals surface area contributed by atoms with Crippen molar-refractivity contribution in [2.75, 3.05) is 38.5 Å². The van der Waals surface area contributed by atoms with Crippen LogP contribution in [0.1, 0.15) is 16.1 Å². The van der Waals surface area contributed by atoms with E-state index in [9.17, 15) is 4.79 Å². The first kappa shape index (κ1) is 15.4. The molecule has 23 heavy (non-hydrogen) atoms. The van der Waals surface area contributed by atoms with Gasteiger partial charge in [0.25, 0.3) is 5.91 Å². The van der Waals surface area contributed by atoms with Crippen LogP contribution in [-0.4, -0.2) is 63.9 Å². The molecule has 1 aliphatic heterocycles. The zero-order valence-corrected chi connectivity index (χ0v) is 13.1. The Morgan fingerprint density at radius 3 is 2.52 bits per heavy atom. The van der Waals surface area contributed by atoms with E-state index in [1.165, 1.54) is 6.20 Å². The fourth-order valence-electron chi connectivity index (χ4n) is 2.39. The standard InChI is InChI=1S/C16H20N6O/c1-21-6-8-22(9-7-21)16(23)14-11-20-15(12-18-14)19-10-13-2-4-17-5-3-13/h2-5,11-12H,6-10H2,1H3,(H,19,20). The third kappa shape index (κ3) is 4.01. The molecule has 0 aliphatic carbocycles. The van der Waals surface area contributed by atoms with Crippen molar-refractivity contribution < 1.29 is 4.79 Å². The normalized spacial score (nSPS) is 15.4. The van der Waals surface area contributed by atoms with E-state index in [0.29, 0.717) is 18.1 Å². The Labute approximate surface area is 135 Å². The second kappa shape index (κ2) is 7.15. The van der Waals surface area contributed by atoms with Crippen molar-refractivity contribution in [1.82, 2.24) is 24.8 Å². The second-order valence-electron chi connectivity index (χ2n) is 5.59. The highest BCUT2D eigenvalue weighted by molar-refractivity contribution is 5.92. The minimum absolute atomic E-state index is 0.0497. The van der Waals surface area contributed by atoms with Gasteiger partial charge in [0.05, 0.1) is 12.4 Å². The number of piperazine rings is 1. The molecule has 120 valence electrons. The first-order chi connectivity index (χ1) is 11.2. The topological polar surface area (TPSA) is 74.2 Å². The monoisotopic (exact) mass is 312 g/mol. The summed E-state index contributed by atoms with van der Waals surface area (Å²) in [5.74, 6) is 0.600. The summed E-state index contributed by atoms with van der Waals surface area (Å²) < 4.78 is 0. The molecule has 1 amide bonds. The number of nitrogens with zero attached hydrogens (tertiary/aromatic N) is 5. The number of amides is 1. The fraction of sp³-hybridized carbons (Fsp3) is 0.375. The number of hydrogen-bond donors (Lipinski definition) is 1. The minimum Gasteiger partial charge on any atom is -0.365 e. The van der Waals surface area contributed by atoms with Crippen molar-refractivity contribution in [2.24, 2.45) is 0 Å². The van der Waals surface area contributed by atoms with E-state index in [1.54, 1.807) is 18.6 Å². The van der Waals surface area contributed by atoms with Crippen molar-refractivity contribution in [3.8, 4) is 0 Å². The molecule has 0 radical (unpaired) electrons. The van der Waals surface area contributed by atoms with E-state index in [1.807, 2.05) is 17.0 Å². The van der Waals surface area contributed by atoms with Crippen LogP contribution in [-0.2, 0) is 6.54 Å². The maximum Gasteiger partial charge on any atom is 0.274 e. The first-order valence-corrected chi connectivity index (χ1v) is 7.65. The Kier molecular flexibility index (Phi) is 4.77. The molecule has 1 fully saturated rings. The van der Waals surface area contributed by atoms with Crippen LogP contribution in [0.15, 0.2) is 36.9 Å². The highest BCUT2D eigenvalue weighted by Crippen LogP contribution is 2.08. The van der Waals surface area contributed by atoms with E-state index in [-0.39, 0.29) is 5.91 Å². The number of hydrogen-bond acceptors (Lipinski definition) is 6. The predicted molar refractivity (Wildman–Crippen MR) is 87.0 cm³/mol. The molecular formula is C16H20N6O. The lowest BCUT2D eigenvalue weighted by atomic mass is 10.3. The summed E-state index contributed by atoms with van der Waals surface area (Å²) in [7, 11) is 2.06. The van der Waals surface area contributed by atoms with Crippen LogP contribution >= 0.6 is 0 Å². The SMILES string of the molecule is CN1CCN(C(=O)c2cnc(NCc3ccncc3)cn2)CC1.